The SMILES string of the molecule is Cc1ccc(OCCNC(C(N)=O)C(C)C)cc1NC(C)c1cc(C)c(=O)n(C)c1. The summed E-state index contributed by atoms with van der Waals surface area (Å²) in [4.78, 5) is 23.4. The van der Waals surface area contributed by atoms with Crippen molar-refractivity contribution in [2.45, 2.75) is 46.7 Å². The van der Waals surface area contributed by atoms with Crippen LogP contribution >= 0.6 is 0 Å². The third kappa shape index (κ3) is 6.10. The van der Waals surface area contributed by atoms with Crippen LogP contribution in [0.3, 0.4) is 0 Å². The summed E-state index contributed by atoms with van der Waals surface area (Å²) >= 11 is 0. The molecule has 1 aromatic heterocycles. The van der Waals surface area contributed by atoms with E-state index in [1.807, 2.05) is 58.2 Å². The summed E-state index contributed by atoms with van der Waals surface area (Å²) in [6.07, 6.45) is 1.86. The quantitative estimate of drug-likeness (QED) is 0.519. The van der Waals surface area contributed by atoms with Crippen LogP contribution in [0.5, 0.6) is 5.75 Å². The van der Waals surface area contributed by atoms with E-state index in [0.717, 1.165) is 28.1 Å². The molecule has 0 aliphatic rings. The van der Waals surface area contributed by atoms with Gasteiger partial charge in [-0.3, -0.25) is 9.59 Å². The normalized spacial score (nSPS) is 13.2. The van der Waals surface area contributed by atoms with Crippen molar-refractivity contribution in [2.75, 3.05) is 18.5 Å². The van der Waals surface area contributed by atoms with Gasteiger partial charge in [-0.25, -0.2) is 0 Å². The number of rotatable bonds is 10. The van der Waals surface area contributed by atoms with Gasteiger partial charge in [0.2, 0.25) is 5.91 Å². The lowest BCUT2D eigenvalue weighted by atomic mass is 10.0. The van der Waals surface area contributed by atoms with Gasteiger partial charge in [0.1, 0.15) is 12.4 Å². The monoisotopic (exact) mass is 414 g/mol. The molecule has 30 heavy (non-hydrogen) atoms. The highest BCUT2D eigenvalue weighted by molar-refractivity contribution is 5.80. The zero-order chi connectivity index (χ0) is 22.4. The Balaban J connectivity index is 2.01. The van der Waals surface area contributed by atoms with Crippen molar-refractivity contribution in [3.8, 4) is 5.75 Å². The second-order valence-corrected chi connectivity index (χ2v) is 8.14. The number of anilines is 1. The molecule has 2 aromatic rings. The van der Waals surface area contributed by atoms with Gasteiger partial charge in [0.25, 0.3) is 5.56 Å². The zero-order valence-corrected chi connectivity index (χ0v) is 18.8. The van der Waals surface area contributed by atoms with Gasteiger partial charge in [0.05, 0.1) is 6.04 Å². The number of benzene rings is 1. The Bertz CT molecular complexity index is 910. The van der Waals surface area contributed by atoms with Crippen LogP contribution in [-0.4, -0.2) is 29.7 Å². The highest BCUT2D eigenvalue weighted by atomic mass is 16.5. The molecule has 1 aromatic carbocycles. The largest absolute Gasteiger partial charge is 0.492 e. The first-order chi connectivity index (χ1) is 14.1. The van der Waals surface area contributed by atoms with Crippen molar-refractivity contribution in [1.82, 2.24) is 9.88 Å². The lowest BCUT2D eigenvalue weighted by Crippen LogP contribution is -2.46. The number of hydrogen-bond donors (Lipinski definition) is 3. The Kier molecular flexibility index (Phi) is 8.06. The van der Waals surface area contributed by atoms with Crippen molar-refractivity contribution in [1.29, 1.82) is 0 Å². The maximum Gasteiger partial charge on any atom is 0.253 e. The number of aryl methyl sites for hydroxylation is 3. The van der Waals surface area contributed by atoms with Gasteiger partial charge in [0, 0.05) is 43.1 Å². The van der Waals surface area contributed by atoms with E-state index < -0.39 is 0 Å². The molecule has 0 fully saturated rings. The summed E-state index contributed by atoms with van der Waals surface area (Å²) in [5.74, 6) is 0.517. The lowest BCUT2D eigenvalue weighted by molar-refractivity contribution is -0.121. The topological polar surface area (TPSA) is 98.4 Å². The third-order valence-electron chi connectivity index (χ3n) is 5.17. The maximum absolute atomic E-state index is 11.9. The highest BCUT2D eigenvalue weighted by Crippen LogP contribution is 2.26. The van der Waals surface area contributed by atoms with E-state index in [0.29, 0.717) is 13.2 Å². The minimum absolute atomic E-state index is 0.0159. The summed E-state index contributed by atoms with van der Waals surface area (Å²) < 4.78 is 7.46. The number of aromatic nitrogens is 1. The van der Waals surface area contributed by atoms with Crippen LogP contribution in [0.1, 0.15) is 43.5 Å². The highest BCUT2D eigenvalue weighted by Gasteiger charge is 2.18. The predicted molar refractivity (Wildman–Crippen MR) is 121 cm³/mol. The summed E-state index contributed by atoms with van der Waals surface area (Å²) in [6, 6.07) is 7.48. The number of nitrogens with zero attached hydrogens (tertiary/aromatic N) is 1. The number of amides is 1. The van der Waals surface area contributed by atoms with Gasteiger partial charge in [0.15, 0.2) is 0 Å². The molecule has 7 nitrogen and oxygen atoms in total. The first-order valence-electron chi connectivity index (χ1n) is 10.3. The fraction of sp³-hybridized carbons (Fsp3) is 0.478. The van der Waals surface area contributed by atoms with Crippen LogP contribution in [0.2, 0.25) is 0 Å². The molecule has 0 spiro atoms. The van der Waals surface area contributed by atoms with Crippen LogP contribution in [-0.2, 0) is 11.8 Å². The number of carbonyl (C=O) groups excluding carboxylic acids is 1. The van der Waals surface area contributed by atoms with E-state index in [2.05, 4.69) is 17.6 Å². The molecule has 4 N–H and O–H groups in total. The van der Waals surface area contributed by atoms with E-state index in [4.69, 9.17) is 10.5 Å². The number of primary amides is 1. The van der Waals surface area contributed by atoms with E-state index >= 15 is 0 Å². The smallest absolute Gasteiger partial charge is 0.253 e. The molecule has 2 rings (SSSR count). The predicted octanol–water partition coefficient (Wildman–Crippen LogP) is 2.65. The van der Waals surface area contributed by atoms with E-state index in [1.165, 1.54) is 0 Å². The fourth-order valence-electron chi connectivity index (χ4n) is 3.36. The molecule has 0 saturated heterocycles. The van der Waals surface area contributed by atoms with E-state index in [9.17, 15) is 9.59 Å². The van der Waals surface area contributed by atoms with Crippen LogP contribution < -0.4 is 26.7 Å². The zero-order valence-electron chi connectivity index (χ0n) is 18.8. The molecule has 1 amide bonds. The van der Waals surface area contributed by atoms with Crippen LogP contribution in [0.25, 0.3) is 0 Å². The van der Waals surface area contributed by atoms with Gasteiger partial charge in [-0.05, 0) is 49.9 Å². The first-order valence-corrected chi connectivity index (χ1v) is 10.3. The third-order valence-corrected chi connectivity index (χ3v) is 5.17. The maximum atomic E-state index is 11.9. The molecule has 0 saturated carbocycles. The van der Waals surface area contributed by atoms with Gasteiger partial charge >= 0.3 is 0 Å². The number of carbonyl (C=O) groups is 1. The second-order valence-electron chi connectivity index (χ2n) is 8.14. The van der Waals surface area contributed by atoms with Crippen molar-refractivity contribution in [3.05, 3.63) is 57.5 Å². The summed E-state index contributed by atoms with van der Waals surface area (Å²) in [5.41, 5.74) is 9.26. The Labute approximate surface area is 178 Å². The minimum Gasteiger partial charge on any atom is -0.492 e. The van der Waals surface area contributed by atoms with Crippen LogP contribution in [0.15, 0.2) is 35.3 Å². The summed E-state index contributed by atoms with van der Waals surface area (Å²) in [6.45, 7) is 10.8. The van der Waals surface area contributed by atoms with Crippen LogP contribution in [0.4, 0.5) is 5.69 Å². The Morgan fingerprint density at radius 2 is 1.87 bits per heavy atom. The van der Waals surface area contributed by atoms with Crippen molar-refractivity contribution < 1.29 is 9.53 Å². The van der Waals surface area contributed by atoms with E-state index in [-0.39, 0.29) is 29.5 Å². The molecule has 164 valence electrons. The van der Waals surface area contributed by atoms with Crippen molar-refractivity contribution in [3.63, 3.8) is 0 Å². The Morgan fingerprint density at radius 3 is 2.47 bits per heavy atom. The molecule has 7 heteroatoms. The molecule has 0 aliphatic heterocycles. The molecule has 2 atom stereocenters. The van der Waals surface area contributed by atoms with Gasteiger partial charge < -0.3 is 25.7 Å². The number of pyridine rings is 1. The van der Waals surface area contributed by atoms with Crippen molar-refractivity contribution in [2.24, 2.45) is 18.7 Å². The standard InChI is InChI=1S/C23H34N4O3/c1-14(2)21(22(24)28)25-9-10-30-19-8-7-15(3)20(12-19)26-17(5)18-11-16(4)23(29)27(6)13-18/h7-8,11-14,17,21,25-26H,9-10H2,1-6H3,(H2,24,28). The molecule has 0 bridgehead atoms. The van der Waals surface area contributed by atoms with E-state index in [1.54, 1.807) is 11.6 Å². The molecule has 1 heterocycles. The van der Waals surface area contributed by atoms with Gasteiger partial charge in [-0.15, -0.1) is 0 Å². The van der Waals surface area contributed by atoms with Crippen molar-refractivity contribution >= 4 is 11.6 Å². The number of hydrogen-bond acceptors (Lipinski definition) is 5. The first kappa shape index (κ1) is 23.5. The number of nitrogens with two attached hydrogens (primary N) is 1. The molecule has 2 unspecified atom stereocenters. The fourth-order valence-corrected chi connectivity index (χ4v) is 3.36. The molecule has 0 radical (unpaired) electrons. The molecular formula is C23H34N4O3. The molecular weight excluding hydrogens is 380 g/mol. The second kappa shape index (κ2) is 10.3. The average molecular weight is 415 g/mol. The summed E-state index contributed by atoms with van der Waals surface area (Å²) in [7, 11) is 1.77. The van der Waals surface area contributed by atoms with Gasteiger partial charge in [-0.2, -0.15) is 0 Å². The number of nitrogens with one attached hydrogen (secondary N) is 2. The van der Waals surface area contributed by atoms with Gasteiger partial charge in [-0.1, -0.05) is 19.9 Å². The van der Waals surface area contributed by atoms with Crippen LogP contribution in [0, 0.1) is 19.8 Å². The lowest BCUT2D eigenvalue weighted by Gasteiger charge is -2.20. The minimum atomic E-state index is -0.366. The molecule has 0 aliphatic carbocycles. The Hall–Kier alpha value is -2.80. The Morgan fingerprint density at radius 1 is 1.17 bits per heavy atom. The average Bonchev–Trinajstić information content (AvgIpc) is 2.67. The number of ether oxygens (including phenoxy) is 1. The summed E-state index contributed by atoms with van der Waals surface area (Å²) in [5, 5.41) is 6.65.